The molecule has 0 atom stereocenters. The van der Waals surface area contributed by atoms with Crippen LogP contribution in [0.1, 0.15) is 11.0 Å². The van der Waals surface area contributed by atoms with Crippen LogP contribution in [0.4, 0.5) is 0 Å². The minimum Gasteiger partial charge on any atom is -0.464 e. The summed E-state index contributed by atoms with van der Waals surface area (Å²) in [4.78, 5) is 0. The Morgan fingerprint density at radius 1 is 0.375 bits per heavy atom. The fourth-order valence-electron chi connectivity index (χ4n) is 6.95. The highest BCUT2D eigenvalue weighted by Crippen LogP contribution is 2.44. The normalized spacial score (nSPS) is 14.1. The first-order chi connectivity index (χ1) is 27.1. The fourth-order valence-corrected chi connectivity index (χ4v) is 6.95. The Morgan fingerprint density at radius 2 is 0.875 bits per heavy atom. The largest absolute Gasteiger partial charge is 0.464 e. The second-order valence-corrected chi connectivity index (χ2v) is 11.9. The van der Waals surface area contributed by atoms with Gasteiger partial charge in [0.1, 0.15) is 16.7 Å². The van der Waals surface area contributed by atoms with Crippen molar-refractivity contribution in [3.8, 4) is 44.5 Å². The Morgan fingerprint density at radius 3 is 1.50 bits per heavy atom. The zero-order chi connectivity index (χ0) is 38.6. The molecular formula is C46H28O2. The molecule has 0 aliphatic carbocycles. The third kappa shape index (κ3) is 4.13. The number of benzene rings is 8. The molecule has 0 radical (unpaired) electrons. The van der Waals surface area contributed by atoms with Gasteiger partial charge in [-0.3, -0.25) is 0 Å². The fraction of sp³-hybridized carbons (Fsp3) is 0. The number of furan rings is 2. The van der Waals surface area contributed by atoms with E-state index in [9.17, 15) is 2.74 Å². The van der Waals surface area contributed by atoms with Gasteiger partial charge in [-0.05, 0) is 84.8 Å². The predicted octanol–water partition coefficient (Wildman–Crippen LogP) is 13.3. The number of rotatable bonds is 4. The highest BCUT2D eigenvalue weighted by Gasteiger charge is 2.17. The van der Waals surface area contributed by atoms with Crippen molar-refractivity contribution in [1.82, 2.24) is 0 Å². The van der Waals surface area contributed by atoms with Crippen LogP contribution >= 0.6 is 0 Å². The maximum atomic E-state index is 9.17. The molecular weight excluding hydrogens is 585 g/mol. The minimum absolute atomic E-state index is 0.186. The van der Waals surface area contributed by atoms with Crippen LogP contribution in [0.3, 0.4) is 0 Å². The van der Waals surface area contributed by atoms with Crippen molar-refractivity contribution in [2.45, 2.75) is 0 Å². The Hall–Kier alpha value is -6.38. The summed E-state index contributed by atoms with van der Waals surface area (Å²) in [6, 6.07) is 33.7. The SMILES string of the molecule is [2H]c1c([2H])c([2H])c2c(-c3ccc(-c4ccc5oc6cc7c(-c8ccccc8)coc7cc6c5c4)cc3)c3c([2H])c([2H])c([2H])c([2H])c3c(-c3ccccc3)c2c1[2H]. The second kappa shape index (κ2) is 10.6. The Balaban J connectivity index is 1.18. The Labute approximate surface area is 288 Å². The first-order valence-electron chi connectivity index (χ1n) is 19.7. The van der Waals surface area contributed by atoms with E-state index in [2.05, 4.69) is 6.07 Å². The van der Waals surface area contributed by atoms with Crippen LogP contribution in [0, 0.1) is 0 Å². The van der Waals surface area contributed by atoms with Gasteiger partial charge in [0.25, 0.3) is 0 Å². The smallest absolute Gasteiger partial charge is 0.136 e. The molecule has 0 N–H and O–H groups in total. The van der Waals surface area contributed by atoms with E-state index in [4.69, 9.17) is 17.1 Å². The second-order valence-electron chi connectivity index (χ2n) is 11.9. The molecule has 224 valence electrons. The van der Waals surface area contributed by atoms with E-state index in [1.165, 1.54) is 0 Å². The quantitative estimate of drug-likeness (QED) is 0.183. The highest BCUT2D eigenvalue weighted by molar-refractivity contribution is 6.21. The molecule has 2 heteroatoms. The molecule has 0 bridgehead atoms. The highest BCUT2D eigenvalue weighted by atomic mass is 16.3. The lowest BCUT2D eigenvalue weighted by Gasteiger charge is -2.18. The van der Waals surface area contributed by atoms with Crippen molar-refractivity contribution < 1.29 is 19.8 Å². The molecule has 0 unspecified atom stereocenters. The third-order valence-electron chi connectivity index (χ3n) is 9.19. The molecule has 48 heavy (non-hydrogen) atoms. The van der Waals surface area contributed by atoms with E-state index < -0.39 is 24.2 Å². The van der Waals surface area contributed by atoms with Crippen LogP contribution in [0.25, 0.3) is 99.0 Å². The molecule has 10 rings (SSSR count). The minimum atomic E-state index is -0.427. The van der Waals surface area contributed by atoms with Crippen molar-refractivity contribution in [1.29, 1.82) is 0 Å². The molecule has 0 fully saturated rings. The number of hydrogen-bond donors (Lipinski definition) is 0. The lowest BCUT2D eigenvalue weighted by atomic mass is 9.86. The van der Waals surface area contributed by atoms with Crippen LogP contribution in [0.5, 0.6) is 0 Å². The van der Waals surface area contributed by atoms with Crippen molar-refractivity contribution >= 4 is 54.5 Å². The van der Waals surface area contributed by atoms with Crippen LogP contribution in [0.2, 0.25) is 0 Å². The van der Waals surface area contributed by atoms with E-state index in [1.807, 2.05) is 84.9 Å². The molecule has 2 heterocycles. The summed E-state index contributed by atoms with van der Waals surface area (Å²) in [7, 11) is 0. The maximum absolute atomic E-state index is 9.17. The van der Waals surface area contributed by atoms with E-state index in [0.29, 0.717) is 22.3 Å². The summed E-state index contributed by atoms with van der Waals surface area (Å²) >= 11 is 0. The van der Waals surface area contributed by atoms with Gasteiger partial charge in [0, 0.05) is 21.7 Å². The Bertz CT molecular complexity index is 3180. The Kier molecular flexibility index (Phi) is 4.41. The molecule has 0 saturated heterocycles. The van der Waals surface area contributed by atoms with Gasteiger partial charge in [0.15, 0.2) is 0 Å². The summed E-state index contributed by atoms with van der Waals surface area (Å²) in [5, 5.41) is 3.55. The van der Waals surface area contributed by atoms with E-state index in [-0.39, 0.29) is 45.7 Å². The maximum Gasteiger partial charge on any atom is 0.136 e. The summed E-state index contributed by atoms with van der Waals surface area (Å²) in [5.74, 6) is 0. The van der Waals surface area contributed by atoms with Crippen molar-refractivity contribution in [2.75, 3.05) is 0 Å². The van der Waals surface area contributed by atoms with Gasteiger partial charge in [-0.2, -0.15) is 0 Å². The van der Waals surface area contributed by atoms with Crippen LogP contribution in [-0.4, -0.2) is 0 Å². The van der Waals surface area contributed by atoms with Crippen LogP contribution in [0.15, 0.2) is 179 Å². The molecule has 2 nitrogen and oxygen atoms in total. The lowest BCUT2D eigenvalue weighted by Crippen LogP contribution is -1.90. The summed E-state index contributed by atoms with van der Waals surface area (Å²) in [5.41, 5.74) is 7.82. The molecule has 0 saturated carbocycles. The van der Waals surface area contributed by atoms with E-state index in [0.717, 1.165) is 55.2 Å². The van der Waals surface area contributed by atoms with Gasteiger partial charge in [-0.25, -0.2) is 0 Å². The van der Waals surface area contributed by atoms with Gasteiger partial charge in [-0.1, -0.05) is 139 Å². The standard InChI is InChI=1S/C46H28O2/c1-3-11-30(12-4-1)41-28-47-43-26-39-38-25-33(23-24-42(38)48-44(39)27-40(41)43)29-19-21-32(22-20-29)46-36-17-9-7-15-34(36)45(31-13-5-2-6-14-31)35-16-8-10-18-37(35)46/h1-28H/i7D,8D,9D,10D,15D,16D,17D,18D. The summed E-state index contributed by atoms with van der Waals surface area (Å²) < 4.78 is 83.5. The van der Waals surface area contributed by atoms with Crippen molar-refractivity contribution in [3.05, 3.63) is 170 Å². The summed E-state index contributed by atoms with van der Waals surface area (Å²) in [6.45, 7) is 0. The lowest BCUT2D eigenvalue weighted by molar-refractivity contribution is 0.617. The zero-order valence-corrected chi connectivity index (χ0v) is 25.4. The van der Waals surface area contributed by atoms with Crippen molar-refractivity contribution in [3.63, 3.8) is 0 Å². The molecule has 0 spiro atoms. The first kappa shape index (κ1) is 20.0. The van der Waals surface area contributed by atoms with Gasteiger partial charge < -0.3 is 8.83 Å². The topological polar surface area (TPSA) is 26.3 Å². The number of fused-ring (bicyclic) bond motifs is 6. The van der Waals surface area contributed by atoms with Crippen LogP contribution < -0.4 is 0 Å². The summed E-state index contributed by atoms with van der Waals surface area (Å²) in [6.07, 6.45) is 1.77. The van der Waals surface area contributed by atoms with Crippen LogP contribution in [-0.2, 0) is 0 Å². The average molecular weight is 621 g/mol. The predicted molar refractivity (Wildman–Crippen MR) is 200 cm³/mol. The molecule has 8 aromatic carbocycles. The molecule has 0 aliphatic rings. The van der Waals surface area contributed by atoms with Gasteiger partial charge in [-0.15, -0.1) is 0 Å². The zero-order valence-electron chi connectivity index (χ0n) is 33.4. The van der Waals surface area contributed by atoms with E-state index in [1.54, 1.807) is 30.5 Å². The van der Waals surface area contributed by atoms with Gasteiger partial charge in [0.05, 0.1) is 17.2 Å². The molecule has 10 aromatic rings. The third-order valence-corrected chi connectivity index (χ3v) is 9.19. The molecule has 2 aromatic heterocycles. The average Bonchev–Trinajstić information content (AvgIpc) is 3.82. The van der Waals surface area contributed by atoms with Gasteiger partial charge >= 0.3 is 0 Å². The number of hydrogen-bond acceptors (Lipinski definition) is 2. The first-order valence-corrected chi connectivity index (χ1v) is 15.7. The van der Waals surface area contributed by atoms with Gasteiger partial charge in [0.2, 0.25) is 0 Å². The van der Waals surface area contributed by atoms with Crippen molar-refractivity contribution in [2.24, 2.45) is 0 Å². The molecule has 0 amide bonds. The monoisotopic (exact) mass is 620 g/mol. The van der Waals surface area contributed by atoms with E-state index >= 15 is 0 Å². The molecule has 0 aliphatic heterocycles.